The summed E-state index contributed by atoms with van der Waals surface area (Å²) in [7, 11) is 0. The molecule has 6 nitrogen and oxygen atoms in total. The van der Waals surface area contributed by atoms with Crippen LogP contribution in [0.4, 0.5) is 0 Å². The Hall–Kier alpha value is -1.14. The molecule has 1 aliphatic heterocycles. The summed E-state index contributed by atoms with van der Waals surface area (Å²) in [5.74, 6) is -1.15. The van der Waals surface area contributed by atoms with Crippen molar-refractivity contribution in [1.82, 2.24) is 10.6 Å². The van der Waals surface area contributed by atoms with Crippen LogP contribution in [0, 0.1) is 5.92 Å². The molecule has 0 aliphatic carbocycles. The summed E-state index contributed by atoms with van der Waals surface area (Å²) in [5.41, 5.74) is 0. The molecule has 0 bridgehead atoms. The van der Waals surface area contributed by atoms with E-state index in [0.29, 0.717) is 19.6 Å². The van der Waals surface area contributed by atoms with Crippen LogP contribution >= 0.6 is 0 Å². The number of morpholine rings is 1. The monoisotopic (exact) mass is 244 g/mol. The van der Waals surface area contributed by atoms with Crippen molar-refractivity contribution in [3.8, 4) is 0 Å². The van der Waals surface area contributed by atoms with E-state index in [-0.39, 0.29) is 11.8 Å². The zero-order valence-electron chi connectivity index (χ0n) is 10.2. The van der Waals surface area contributed by atoms with E-state index in [1.807, 2.05) is 13.8 Å². The van der Waals surface area contributed by atoms with Crippen LogP contribution in [0.25, 0.3) is 0 Å². The molecule has 1 aliphatic rings. The third kappa shape index (κ3) is 4.70. The molecule has 0 spiro atoms. The minimum atomic E-state index is -1.00. The Labute approximate surface area is 101 Å². The van der Waals surface area contributed by atoms with Gasteiger partial charge in [0.2, 0.25) is 0 Å². The number of carboxylic acid groups (broad SMARTS) is 1. The zero-order valence-corrected chi connectivity index (χ0v) is 10.2. The second-order valence-electron chi connectivity index (χ2n) is 4.59. The van der Waals surface area contributed by atoms with Gasteiger partial charge in [0.1, 0.15) is 12.1 Å². The van der Waals surface area contributed by atoms with Crippen LogP contribution in [-0.4, -0.2) is 48.8 Å². The Bertz CT molecular complexity index is 275. The molecule has 1 unspecified atom stereocenters. The maximum absolute atomic E-state index is 11.8. The average Bonchev–Trinajstić information content (AvgIpc) is 2.28. The lowest BCUT2D eigenvalue weighted by atomic mass is 10.0. The Morgan fingerprint density at radius 2 is 2.24 bits per heavy atom. The van der Waals surface area contributed by atoms with Gasteiger partial charge in [-0.2, -0.15) is 0 Å². The summed E-state index contributed by atoms with van der Waals surface area (Å²) in [6.07, 6.45) is -0.168. The van der Waals surface area contributed by atoms with E-state index >= 15 is 0 Å². The van der Waals surface area contributed by atoms with Crippen LogP contribution < -0.4 is 10.6 Å². The number of hydrogen-bond acceptors (Lipinski definition) is 4. The lowest BCUT2D eigenvalue weighted by Gasteiger charge is -2.25. The van der Waals surface area contributed by atoms with Crippen LogP contribution in [-0.2, 0) is 14.3 Å². The van der Waals surface area contributed by atoms with Crippen molar-refractivity contribution in [2.24, 2.45) is 5.92 Å². The lowest BCUT2D eigenvalue weighted by Crippen LogP contribution is -2.52. The summed E-state index contributed by atoms with van der Waals surface area (Å²) in [4.78, 5) is 22.7. The predicted molar refractivity (Wildman–Crippen MR) is 61.6 cm³/mol. The second kappa shape index (κ2) is 6.56. The molecule has 1 heterocycles. The molecular formula is C11H20N2O4. The van der Waals surface area contributed by atoms with E-state index in [1.54, 1.807) is 0 Å². The Morgan fingerprint density at radius 1 is 1.53 bits per heavy atom. The number of ether oxygens (including phenoxy) is 1. The zero-order chi connectivity index (χ0) is 12.8. The van der Waals surface area contributed by atoms with Crippen molar-refractivity contribution in [3.63, 3.8) is 0 Å². The first-order chi connectivity index (χ1) is 8.00. The predicted octanol–water partition coefficient (Wildman–Crippen LogP) is -0.410. The number of nitrogens with one attached hydrogen (secondary N) is 2. The third-order valence-corrected chi connectivity index (χ3v) is 2.54. The Kier molecular flexibility index (Phi) is 5.37. The van der Waals surface area contributed by atoms with Gasteiger partial charge in [0.25, 0.3) is 5.91 Å². The van der Waals surface area contributed by atoms with Gasteiger partial charge in [-0.3, -0.25) is 4.79 Å². The number of rotatable bonds is 5. The van der Waals surface area contributed by atoms with Crippen LogP contribution in [0.15, 0.2) is 0 Å². The molecule has 1 amide bonds. The van der Waals surface area contributed by atoms with Gasteiger partial charge in [-0.15, -0.1) is 0 Å². The molecule has 1 saturated heterocycles. The van der Waals surface area contributed by atoms with Crippen LogP contribution in [0.1, 0.15) is 20.3 Å². The highest BCUT2D eigenvalue weighted by Gasteiger charge is 2.27. The Morgan fingerprint density at radius 3 is 2.71 bits per heavy atom. The first-order valence-electron chi connectivity index (χ1n) is 5.86. The van der Waals surface area contributed by atoms with E-state index in [4.69, 9.17) is 9.84 Å². The summed E-state index contributed by atoms with van der Waals surface area (Å²) in [6.45, 7) is 5.46. The van der Waals surface area contributed by atoms with Crippen molar-refractivity contribution in [3.05, 3.63) is 0 Å². The minimum Gasteiger partial charge on any atom is -0.480 e. The maximum atomic E-state index is 11.8. The number of amides is 1. The molecule has 3 N–H and O–H groups in total. The van der Waals surface area contributed by atoms with Crippen LogP contribution in [0.2, 0.25) is 0 Å². The van der Waals surface area contributed by atoms with Gasteiger partial charge in [0.05, 0.1) is 6.61 Å². The normalized spacial score (nSPS) is 22.2. The van der Waals surface area contributed by atoms with Crippen LogP contribution in [0.5, 0.6) is 0 Å². The highest BCUT2D eigenvalue weighted by Crippen LogP contribution is 2.06. The fourth-order valence-corrected chi connectivity index (χ4v) is 1.69. The second-order valence-corrected chi connectivity index (χ2v) is 4.59. The SMILES string of the molecule is CC(C)C[C@@H](NC(=O)C1CNCCO1)C(=O)O. The molecular weight excluding hydrogens is 224 g/mol. The fourth-order valence-electron chi connectivity index (χ4n) is 1.69. The molecule has 0 aromatic rings. The summed E-state index contributed by atoms with van der Waals surface area (Å²) in [6, 6.07) is -0.840. The first kappa shape index (κ1) is 13.9. The number of hydrogen-bond donors (Lipinski definition) is 3. The average molecular weight is 244 g/mol. The highest BCUT2D eigenvalue weighted by atomic mass is 16.5. The van der Waals surface area contributed by atoms with Gasteiger partial charge < -0.3 is 20.5 Å². The minimum absolute atomic E-state index is 0.210. The number of aliphatic carboxylic acids is 1. The van der Waals surface area contributed by atoms with Crippen molar-refractivity contribution in [2.45, 2.75) is 32.4 Å². The molecule has 6 heteroatoms. The van der Waals surface area contributed by atoms with Crippen molar-refractivity contribution in [1.29, 1.82) is 0 Å². The summed E-state index contributed by atoms with van der Waals surface area (Å²) < 4.78 is 5.26. The molecule has 17 heavy (non-hydrogen) atoms. The molecule has 1 fully saturated rings. The quantitative estimate of drug-likeness (QED) is 0.612. The standard InChI is InChI=1S/C11H20N2O4/c1-7(2)5-8(11(15)16)13-10(14)9-6-12-3-4-17-9/h7-9,12H,3-6H2,1-2H3,(H,13,14)(H,15,16)/t8-,9?/m1/s1. The Balaban J connectivity index is 2.47. The third-order valence-electron chi connectivity index (χ3n) is 2.54. The van der Waals surface area contributed by atoms with E-state index in [9.17, 15) is 9.59 Å². The number of carboxylic acids is 1. The molecule has 0 saturated carbocycles. The van der Waals surface area contributed by atoms with Crippen molar-refractivity contribution < 1.29 is 19.4 Å². The van der Waals surface area contributed by atoms with E-state index in [0.717, 1.165) is 6.54 Å². The molecule has 1 rings (SSSR count). The van der Waals surface area contributed by atoms with Crippen molar-refractivity contribution >= 4 is 11.9 Å². The molecule has 0 aromatic carbocycles. The largest absolute Gasteiger partial charge is 0.480 e. The van der Waals surface area contributed by atoms with Crippen LogP contribution in [0.3, 0.4) is 0 Å². The first-order valence-corrected chi connectivity index (χ1v) is 5.86. The van der Waals surface area contributed by atoms with Crippen molar-refractivity contribution in [2.75, 3.05) is 19.7 Å². The van der Waals surface area contributed by atoms with E-state index in [2.05, 4.69) is 10.6 Å². The number of carbonyl (C=O) groups excluding carboxylic acids is 1. The molecule has 98 valence electrons. The van der Waals surface area contributed by atoms with Gasteiger partial charge in [-0.25, -0.2) is 4.79 Å². The van der Waals surface area contributed by atoms with Gasteiger partial charge in [-0.05, 0) is 12.3 Å². The lowest BCUT2D eigenvalue weighted by molar-refractivity contribution is -0.145. The maximum Gasteiger partial charge on any atom is 0.326 e. The smallest absolute Gasteiger partial charge is 0.326 e. The van der Waals surface area contributed by atoms with Gasteiger partial charge in [-0.1, -0.05) is 13.8 Å². The number of carbonyl (C=O) groups is 2. The van der Waals surface area contributed by atoms with E-state index in [1.165, 1.54) is 0 Å². The van der Waals surface area contributed by atoms with Gasteiger partial charge in [0.15, 0.2) is 0 Å². The molecule has 0 aromatic heterocycles. The van der Waals surface area contributed by atoms with Gasteiger partial charge >= 0.3 is 5.97 Å². The fraction of sp³-hybridized carbons (Fsp3) is 0.818. The summed E-state index contributed by atoms with van der Waals surface area (Å²) in [5, 5.41) is 14.5. The molecule has 2 atom stereocenters. The highest BCUT2D eigenvalue weighted by molar-refractivity contribution is 5.86. The topological polar surface area (TPSA) is 87.7 Å². The molecule has 0 radical (unpaired) electrons. The van der Waals surface area contributed by atoms with E-state index < -0.39 is 18.1 Å². The van der Waals surface area contributed by atoms with Gasteiger partial charge in [0, 0.05) is 13.1 Å². The summed E-state index contributed by atoms with van der Waals surface area (Å²) >= 11 is 0.